The molecule has 32 heavy (non-hydrogen) atoms. The number of hydrogen-bond donors (Lipinski definition) is 0. The Hall–Kier alpha value is -3.93. The molecule has 3 aromatic rings. The molecule has 164 valence electrons. The van der Waals surface area contributed by atoms with Crippen LogP contribution in [-0.2, 0) is 6.61 Å². The van der Waals surface area contributed by atoms with Crippen molar-refractivity contribution in [2.45, 2.75) is 13.5 Å². The maximum Gasteiger partial charge on any atom is 0.232 e. The molecule has 0 atom stereocenters. The van der Waals surface area contributed by atoms with Gasteiger partial charge in [-0.05, 0) is 47.9 Å². The third kappa shape index (κ3) is 4.12. The first-order valence-electron chi connectivity index (χ1n) is 10.1. The van der Waals surface area contributed by atoms with Crippen molar-refractivity contribution < 1.29 is 28.5 Å². The quantitative estimate of drug-likeness (QED) is 0.477. The lowest BCUT2D eigenvalue weighted by Gasteiger charge is -2.13. The van der Waals surface area contributed by atoms with Crippen LogP contribution in [0.15, 0.2) is 60.4 Å². The number of carbonyl (C=O) groups excluding carboxylic acids is 1. The van der Waals surface area contributed by atoms with Crippen LogP contribution in [0, 0.1) is 6.92 Å². The zero-order chi connectivity index (χ0) is 22.7. The van der Waals surface area contributed by atoms with E-state index < -0.39 is 0 Å². The van der Waals surface area contributed by atoms with Gasteiger partial charge in [0, 0.05) is 6.07 Å². The van der Waals surface area contributed by atoms with Gasteiger partial charge in [-0.3, -0.25) is 4.79 Å². The lowest BCUT2D eigenvalue weighted by Crippen LogP contribution is -2.01. The van der Waals surface area contributed by atoms with Crippen LogP contribution in [-0.4, -0.2) is 27.1 Å². The van der Waals surface area contributed by atoms with Crippen LogP contribution in [0.5, 0.6) is 28.7 Å². The first-order chi connectivity index (χ1) is 15.5. The van der Waals surface area contributed by atoms with E-state index >= 15 is 0 Å². The topological polar surface area (TPSA) is 63.2 Å². The molecule has 0 radical (unpaired) electrons. The lowest BCUT2D eigenvalue weighted by atomic mass is 10.0. The minimum Gasteiger partial charge on any atom is -0.493 e. The molecule has 0 aliphatic carbocycles. The number of aryl methyl sites for hydroxylation is 1. The zero-order valence-corrected chi connectivity index (χ0v) is 18.4. The van der Waals surface area contributed by atoms with E-state index in [4.69, 9.17) is 23.7 Å². The Labute approximate surface area is 186 Å². The highest BCUT2D eigenvalue weighted by atomic mass is 16.5. The fourth-order valence-electron chi connectivity index (χ4n) is 3.64. The Morgan fingerprint density at radius 3 is 2.22 bits per heavy atom. The van der Waals surface area contributed by atoms with E-state index in [1.54, 1.807) is 45.6 Å². The second-order valence-electron chi connectivity index (χ2n) is 7.29. The monoisotopic (exact) mass is 432 g/mol. The molecule has 0 N–H and O–H groups in total. The third-order valence-electron chi connectivity index (χ3n) is 5.18. The maximum absolute atomic E-state index is 13.0. The molecule has 1 aliphatic heterocycles. The van der Waals surface area contributed by atoms with Crippen LogP contribution in [0.4, 0.5) is 0 Å². The van der Waals surface area contributed by atoms with Crippen LogP contribution in [0.3, 0.4) is 0 Å². The van der Waals surface area contributed by atoms with E-state index in [-0.39, 0.29) is 11.5 Å². The molecule has 0 amide bonds. The molecule has 0 unspecified atom stereocenters. The van der Waals surface area contributed by atoms with Crippen molar-refractivity contribution in [1.82, 2.24) is 0 Å². The highest BCUT2D eigenvalue weighted by molar-refractivity contribution is 6.15. The number of benzene rings is 3. The normalized spacial score (nSPS) is 13.5. The average Bonchev–Trinajstić information content (AvgIpc) is 3.12. The van der Waals surface area contributed by atoms with Crippen LogP contribution < -0.4 is 23.7 Å². The maximum atomic E-state index is 13.0. The second kappa shape index (κ2) is 9.06. The molecule has 0 spiro atoms. The number of Topliss-reactive ketones (excluding diaryl/α,β-unsaturated/α-hetero) is 1. The number of fused-ring (bicyclic) bond motifs is 1. The molecule has 0 fully saturated rings. The Morgan fingerprint density at radius 1 is 0.906 bits per heavy atom. The summed E-state index contributed by atoms with van der Waals surface area (Å²) >= 11 is 0. The summed E-state index contributed by atoms with van der Waals surface area (Å²) in [4.78, 5) is 13.0. The third-order valence-corrected chi connectivity index (χ3v) is 5.18. The predicted octanol–water partition coefficient (Wildman–Crippen LogP) is 5.22. The van der Waals surface area contributed by atoms with Crippen LogP contribution in [0.25, 0.3) is 6.08 Å². The summed E-state index contributed by atoms with van der Waals surface area (Å²) in [5.41, 5.74) is 3.08. The molecule has 3 aromatic carbocycles. The molecule has 1 heterocycles. The Morgan fingerprint density at radius 2 is 1.59 bits per heavy atom. The van der Waals surface area contributed by atoms with Gasteiger partial charge in [0.1, 0.15) is 18.1 Å². The molecule has 6 nitrogen and oxygen atoms in total. The molecule has 4 rings (SSSR count). The standard InChI is InChI=1S/C26H24O6/c1-16-10-19(31-15-17-8-6-5-7-9-17)14-20-24(16)25(27)21(32-20)11-18-12-22(28-2)26(30-4)23(13-18)29-3/h5-14H,15H2,1-4H3/b21-11-. The first-order valence-corrected chi connectivity index (χ1v) is 10.1. The highest BCUT2D eigenvalue weighted by Crippen LogP contribution is 2.41. The van der Waals surface area contributed by atoms with E-state index in [1.807, 2.05) is 43.3 Å². The number of rotatable bonds is 7. The number of allylic oxidation sites excluding steroid dienone is 1. The first kappa shape index (κ1) is 21.3. The minimum atomic E-state index is -0.180. The summed E-state index contributed by atoms with van der Waals surface area (Å²) in [6.45, 7) is 2.30. The van der Waals surface area contributed by atoms with Crippen molar-refractivity contribution in [2.24, 2.45) is 0 Å². The molecule has 0 saturated heterocycles. The van der Waals surface area contributed by atoms with Gasteiger partial charge in [-0.25, -0.2) is 0 Å². The van der Waals surface area contributed by atoms with Crippen molar-refractivity contribution in [3.8, 4) is 28.7 Å². The Balaban J connectivity index is 1.61. The van der Waals surface area contributed by atoms with Crippen LogP contribution >= 0.6 is 0 Å². The van der Waals surface area contributed by atoms with Gasteiger partial charge in [0.25, 0.3) is 0 Å². The van der Waals surface area contributed by atoms with E-state index in [0.29, 0.717) is 46.5 Å². The molecule has 0 bridgehead atoms. The van der Waals surface area contributed by atoms with Crippen molar-refractivity contribution in [2.75, 3.05) is 21.3 Å². The highest BCUT2D eigenvalue weighted by Gasteiger charge is 2.30. The predicted molar refractivity (Wildman–Crippen MR) is 121 cm³/mol. The molecule has 6 heteroatoms. The zero-order valence-electron chi connectivity index (χ0n) is 18.4. The minimum absolute atomic E-state index is 0.180. The van der Waals surface area contributed by atoms with Gasteiger partial charge in [0.05, 0.1) is 26.9 Å². The largest absolute Gasteiger partial charge is 0.493 e. The van der Waals surface area contributed by atoms with Gasteiger partial charge in [-0.1, -0.05) is 30.3 Å². The number of carbonyl (C=O) groups is 1. The lowest BCUT2D eigenvalue weighted by molar-refractivity contribution is 0.101. The van der Waals surface area contributed by atoms with Crippen molar-refractivity contribution in [1.29, 1.82) is 0 Å². The summed E-state index contributed by atoms with van der Waals surface area (Å²) in [5.74, 6) is 2.64. The smallest absolute Gasteiger partial charge is 0.232 e. The molecule has 1 aliphatic rings. The fraction of sp³-hybridized carbons (Fsp3) is 0.192. The average molecular weight is 432 g/mol. The van der Waals surface area contributed by atoms with Crippen molar-refractivity contribution in [3.63, 3.8) is 0 Å². The van der Waals surface area contributed by atoms with Crippen molar-refractivity contribution >= 4 is 11.9 Å². The summed E-state index contributed by atoms with van der Waals surface area (Å²) in [6, 6.07) is 17.0. The summed E-state index contributed by atoms with van der Waals surface area (Å²) in [6.07, 6.45) is 1.66. The van der Waals surface area contributed by atoms with E-state index in [2.05, 4.69) is 0 Å². The van der Waals surface area contributed by atoms with Gasteiger partial charge in [0.15, 0.2) is 17.3 Å². The second-order valence-corrected chi connectivity index (χ2v) is 7.29. The summed E-state index contributed by atoms with van der Waals surface area (Å²) in [7, 11) is 4.63. The number of ether oxygens (including phenoxy) is 5. The molecule has 0 saturated carbocycles. The van der Waals surface area contributed by atoms with Gasteiger partial charge in [-0.15, -0.1) is 0 Å². The Kier molecular flexibility index (Phi) is 6.03. The SMILES string of the molecule is COc1cc(/C=C2\Oc3cc(OCc4ccccc4)cc(C)c3C2=O)cc(OC)c1OC. The van der Waals surface area contributed by atoms with Crippen LogP contribution in [0.1, 0.15) is 27.0 Å². The Bertz CT molecular complexity index is 1160. The van der Waals surface area contributed by atoms with Gasteiger partial charge in [-0.2, -0.15) is 0 Å². The summed E-state index contributed by atoms with van der Waals surface area (Å²) in [5, 5.41) is 0. The molecule has 0 aromatic heterocycles. The van der Waals surface area contributed by atoms with Gasteiger partial charge >= 0.3 is 0 Å². The molecular formula is C26H24O6. The number of methoxy groups -OCH3 is 3. The van der Waals surface area contributed by atoms with E-state index in [1.165, 1.54) is 0 Å². The van der Waals surface area contributed by atoms with E-state index in [0.717, 1.165) is 11.1 Å². The van der Waals surface area contributed by atoms with Crippen molar-refractivity contribution in [3.05, 3.63) is 82.6 Å². The number of hydrogen-bond acceptors (Lipinski definition) is 6. The fourth-order valence-corrected chi connectivity index (χ4v) is 3.64. The van der Waals surface area contributed by atoms with Crippen LogP contribution in [0.2, 0.25) is 0 Å². The summed E-state index contributed by atoms with van der Waals surface area (Å²) < 4.78 is 28.0. The van der Waals surface area contributed by atoms with E-state index in [9.17, 15) is 4.79 Å². The number of ketones is 1. The molecular weight excluding hydrogens is 408 g/mol. The van der Waals surface area contributed by atoms with Gasteiger partial charge < -0.3 is 23.7 Å². The van der Waals surface area contributed by atoms with Gasteiger partial charge in [0.2, 0.25) is 11.5 Å².